The minimum Gasteiger partial charge on any atom is -0.348 e. The molecule has 0 aromatic heterocycles. The van der Waals surface area contributed by atoms with Crippen molar-refractivity contribution in [3.63, 3.8) is 0 Å². The molecule has 1 aromatic carbocycles. The van der Waals surface area contributed by atoms with Gasteiger partial charge >= 0.3 is 0 Å². The van der Waals surface area contributed by atoms with Crippen LogP contribution in [0.25, 0.3) is 0 Å². The summed E-state index contributed by atoms with van der Waals surface area (Å²) in [5.41, 5.74) is 0.711. The van der Waals surface area contributed by atoms with Crippen LogP contribution in [-0.2, 0) is 9.47 Å². The second-order valence-electron chi connectivity index (χ2n) is 8.95. The fourth-order valence-corrected chi connectivity index (χ4v) is 4.91. The summed E-state index contributed by atoms with van der Waals surface area (Å²) >= 11 is 0. The predicted molar refractivity (Wildman–Crippen MR) is 113 cm³/mol. The van der Waals surface area contributed by atoms with E-state index in [1.807, 2.05) is 6.07 Å². The number of ether oxygens (including phenoxy) is 2. The molecular weight excluding hydrogens is 365 g/mol. The maximum absolute atomic E-state index is 13.8. The Morgan fingerprint density at radius 2 is 1.66 bits per heavy atom. The van der Waals surface area contributed by atoms with E-state index in [2.05, 4.69) is 6.92 Å². The van der Waals surface area contributed by atoms with Gasteiger partial charge in [-0.3, -0.25) is 0 Å². The van der Waals surface area contributed by atoms with Crippen molar-refractivity contribution in [2.24, 2.45) is 17.8 Å². The van der Waals surface area contributed by atoms with Gasteiger partial charge < -0.3 is 9.47 Å². The van der Waals surface area contributed by atoms with Crippen LogP contribution < -0.4 is 0 Å². The van der Waals surface area contributed by atoms with Gasteiger partial charge in [0.15, 0.2) is 6.29 Å². The van der Waals surface area contributed by atoms with Gasteiger partial charge in [0.2, 0.25) is 0 Å². The summed E-state index contributed by atoms with van der Waals surface area (Å²) in [4.78, 5) is 0. The van der Waals surface area contributed by atoms with Crippen molar-refractivity contribution in [3.8, 4) is 6.07 Å². The zero-order chi connectivity index (χ0) is 20.5. The smallest absolute Gasteiger partial charge is 0.183 e. The molecule has 2 fully saturated rings. The number of hydrogen-bond acceptors (Lipinski definition) is 3. The quantitative estimate of drug-likeness (QED) is 0.422. The lowest BCUT2D eigenvalue weighted by atomic mass is 9.74. The Balaban J connectivity index is 1.35. The highest BCUT2D eigenvalue weighted by Crippen LogP contribution is 2.38. The Morgan fingerprint density at radius 1 is 0.966 bits per heavy atom. The Morgan fingerprint density at radius 3 is 2.31 bits per heavy atom. The summed E-state index contributed by atoms with van der Waals surface area (Å²) in [5.74, 6) is 1.54. The monoisotopic (exact) mass is 401 g/mol. The molecule has 29 heavy (non-hydrogen) atoms. The first kappa shape index (κ1) is 22.2. The van der Waals surface area contributed by atoms with E-state index in [-0.39, 0.29) is 5.56 Å². The minimum absolute atomic E-state index is 0.0557. The van der Waals surface area contributed by atoms with Crippen molar-refractivity contribution in [2.75, 3.05) is 13.2 Å². The first-order valence-corrected chi connectivity index (χ1v) is 11.6. The molecule has 160 valence electrons. The Labute approximate surface area is 175 Å². The lowest BCUT2D eigenvalue weighted by molar-refractivity contribution is -0.214. The van der Waals surface area contributed by atoms with Gasteiger partial charge in [-0.25, -0.2) is 4.39 Å². The predicted octanol–water partition coefficient (Wildman–Crippen LogP) is 6.92. The summed E-state index contributed by atoms with van der Waals surface area (Å²) in [6, 6.07) is 6.42. The third-order valence-electron chi connectivity index (χ3n) is 6.83. The maximum Gasteiger partial charge on any atom is 0.183 e. The summed E-state index contributed by atoms with van der Waals surface area (Å²) in [7, 11) is 0. The van der Waals surface area contributed by atoms with Crippen molar-refractivity contribution < 1.29 is 13.9 Å². The van der Waals surface area contributed by atoms with Gasteiger partial charge in [0.25, 0.3) is 0 Å². The van der Waals surface area contributed by atoms with E-state index in [4.69, 9.17) is 14.7 Å². The van der Waals surface area contributed by atoms with Gasteiger partial charge in [-0.1, -0.05) is 70.8 Å². The van der Waals surface area contributed by atoms with Gasteiger partial charge in [-0.05, 0) is 36.8 Å². The van der Waals surface area contributed by atoms with E-state index in [0.717, 1.165) is 5.92 Å². The average molecular weight is 402 g/mol. The molecule has 1 saturated carbocycles. The summed E-state index contributed by atoms with van der Waals surface area (Å²) in [6.07, 6.45) is 14.5. The Bertz CT molecular complexity index is 655. The molecule has 1 heterocycles. The zero-order valence-electron chi connectivity index (χ0n) is 17.9. The van der Waals surface area contributed by atoms with Crippen molar-refractivity contribution in [1.29, 1.82) is 5.26 Å². The largest absolute Gasteiger partial charge is 0.348 e. The second-order valence-corrected chi connectivity index (χ2v) is 8.95. The van der Waals surface area contributed by atoms with Crippen molar-refractivity contribution >= 4 is 0 Å². The molecule has 0 bridgehead atoms. The lowest BCUT2D eigenvalue weighted by Crippen LogP contribution is -2.34. The van der Waals surface area contributed by atoms with E-state index in [1.165, 1.54) is 82.8 Å². The van der Waals surface area contributed by atoms with Crippen molar-refractivity contribution in [3.05, 3.63) is 35.1 Å². The average Bonchev–Trinajstić information content (AvgIpc) is 2.77. The molecule has 0 spiro atoms. The molecule has 0 amide bonds. The number of rotatable bonds is 9. The second kappa shape index (κ2) is 11.7. The SMILES string of the molecule is CCCCCCCCC1CCC([C@H]2CO[C@H](c3ccc(C#N)c(F)c3)OC2)CC1. The van der Waals surface area contributed by atoms with E-state index < -0.39 is 12.1 Å². The number of nitriles is 1. The normalized spacial score (nSPS) is 27.5. The van der Waals surface area contributed by atoms with Crippen molar-refractivity contribution in [2.45, 2.75) is 83.8 Å². The van der Waals surface area contributed by atoms with Crippen LogP contribution in [-0.4, -0.2) is 13.2 Å². The fraction of sp³-hybridized carbons (Fsp3) is 0.720. The number of halogens is 1. The lowest BCUT2D eigenvalue weighted by Gasteiger charge is -2.38. The van der Waals surface area contributed by atoms with E-state index >= 15 is 0 Å². The molecule has 3 nitrogen and oxygen atoms in total. The van der Waals surface area contributed by atoms with Crippen LogP contribution in [0, 0.1) is 34.9 Å². The third-order valence-corrected chi connectivity index (χ3v) is 6.83. The van der Waals surface area contributed by atoms with Crippen LogP contribution in [0.5, 0.6) is 0 Å². The first-order chi connectivity index (χ1) is 14.2. The number of nitrogens with zero attached hydrogens (tertiary/aromatic N) is 1. The first-order valence-electron chi connectivity index (χ1n) is 11.6. The van der Waals surface area contributed by atoms with Gasteiger partial charge in [0.05, 0.1) is 18.8 Å². The van der Waals surface area contributed by atoms with Crippen LogP contribution >= 0.6 is 0 Å². The molecule has 0 radical (unpaired) electrons. The van der Waals surface area contributed by atoms with Crippen molar-refractivity contribution in [1.82, 2.24) is 0 Å². The number of benzene rings is 1. The van der Waals surface area contributed by atoms with E-state index in [1.54, 1.807) is 6.07 Å². The molecule has 4 heteroatoms. The zero-order valence-corrected chi connectivity index (χ0v) is 17.9. The maximum atomic E-state index is 13.8. The molecule has 0 N–H and O–H groups in total. The minimum atomic E-state index is -0.516. The fourth-order valence-electron chi connectivity index (χ4n) is 4.91. The molecular formula is C25H36FNO2. The van der Waals surface area contributed by atoms with Crippen LogP contribution in [0.2, 0.25) is 0 Å². The molecule has 2 aliphatic rings. The van der Waals surface area contributed by atoms with Crippen LogP contribution in [0.15, 0.2) is 18.2 Å². The highest BCUT2D eigenvalue weighted by atomic mass is 19.1. The van der Waals surface area contributed by atoms with Gasteiger partial charge in [0.1, 0.15) is 11.9 Å². The Kier molecular flexibility index (Phi) is 8.95. The van der Waals surface area contributed by atoms with E-state index in [9.17, 15) is 4.39 Å². The van der Waals surface area contributed by atoms with E-state index in [0.29, 0.717) is 30.6 Å². The molecule has 1 aliphatic heterocycles. The Hall–Kier alpha value is -1.44. The number of unbranched alkanes of at least 4 members (excludes halogenated alkanes) is 5. The molecule has 1 saturated heterocycles. The number of hydrogen-bond donors (Lipinski definition) is 0. The standard InChI is InChI=1S/C25H36FNO2/c1-2-3-4-5-6-7-8-19-9-11-20(12-10-19)23-17-28-25(29-18-23)21-13-14-22(16-27)24(26)15-21/h13-15,19-20,23,25H,2-12,17-18H2,1H3/t19?,20?,23-,25-. The molecule has 1 aliphatic carbocycles. The molecule has 3 rings (SSSR count). The summed E-state index contributed by atoms with van der Waals surface area (Å²) in [5, 5.41) is 8.86. The molecule has 0 unspecified atom stereocenters. The third kappa shape index (κ3) is 6.52. The molecule has 0 atom stereocenters. The van der Waals surface area contributed by atoms with Crippen LogP contribution in [0.1, 0.15) is 95.0 Å². The topological polar surface area (TPSA) is 42.2 Å². The summed E-state index contributed by atoms with van der Waals surface area (Å²) < 4.78 is 25.7. The molecule has 1 aromatic rings. The highest BCUT2D eigenvalue weighted by molar-refractivity contribution is 5.33. The van der Waals surface area contributed by atoms with Gasteiger partial charge in [-0.15, -0.1) is 0 Å². The highest BCUT2D eigenvalue weighted by Gasteiger charge is 2.32. The summed E-state index contributed by atoms with van der Waals surface area (Å²) in [6.45, 7) is 3.63. The van der Waals surface area contributed by atoms with Crippen LogP contribution in [0.3, 0.4) is 0 Å². The van der Waals surface area contributed by atoms with Gasteiger partial charge in [-0.2, -0.15) is 5.26 Å². The van der Waals surface area contributed by atoms with Crippen LogP contribution in [0.4, 0.5) is 4.39 Å². The van der Waals surface area contributed by atoms with Gasteiger partial charge in [0, 0.05) is 11.5 Å².